The average molecular weight is 584 g/mol. The first-order chi connectivity index (χ1) is 20.4. The molecule has 43 heavy (non-hydrogen) atoms. The molecule has 1 aliphatic heterocycles. The molecular formula is C33H37N5O5. The zero-order chi connectivity index (χ0) is 31.3. The van der Waals surface area contributed by atoms with Crippen LogP contribution in [0.15, 0.2) is 60.7 Å². The van der Waals surface area contributed by atoms with Crippen LogP contribution in [0.3, 0.4) is 0 Å². The molecule has 2 aromatic carbocycles. The van der Waals surface area contributed by atoms with Crippen LogP contribution < -0.4 is 15.0 Å². The maximum Gasteiger partial charge on any atom is 0.415 e. The highest BCUT2D eigenvalue weighted by molar-refractivity contribution is 6.06. The number of nitriles is 1. The number of piperidine rings is 1. The van der Waals surface area contributed by atoms with Crippen molar-refractivity contribution >= 4 is 34.4 Å². The highest BCUT2D eigenvalue weighted by atomic mass is 16.6. The van der Waals surface area contributed by atoms with E-state index in [0.29, 0.717) is 41.2 Å². The molecule has 3 amide bonds. The van der Waals surface area contributed by atoms with Crippen molar-refractivity contribution < 1.29 is 23.9 Å². The summed E-state index contributed by atoms with van der Waals surface area (Å²) in [6.07, 6.45) is 0.961. The van der Waals surface area contributed by atoms with Gasteiger partial charge in [0.05, 0.1) is 31.1 Å². The van der Waals surface area contributed by atoms with Crippen LogP contribution in [0.5, 0.6) is 5.75 Å². The number of fused-ring (bicyclic) bond motifs is 1. The van der Waals surface area contributed by atoms with Crippen LogP contribution in [-0.4, -0.2) is 66.2 Å². The number of likely N-dealkylation sites (tertiary alicyclic amines) is 1. The van der Waals surface area contributed by atoms with Crippen molar-refractivity contribution in [3.05, 3.63) is 66.4 Å². The Morgan fingerprint density at radius 2 is 1.93 bits per heavy atom. The number of carbonyl (C=O) groups is 3. The van der Waals surface area contributed by atoms with Crippen molar-refractivity contribution in [2.45, 2.75) is 52.2 Å². The summed E-state index contributed by atoms with van der Waals surface area (Å²) in [5, 5.41) is 14.0. The van der Waals surface area contributed by atoms with Gasteiger partial charge in [-0.2, -0.15) is 5.26 Å². The number of amides is 3. The van der Waals surface area contributed by atoms with Gasteiger partial charge in [0, 0.05) is 42.6 Å². The topological polar surface area (TPSA) is 125 Å². The molecule has 1 atom stereocenters. The first-order valence-electron chi connectivity index (χ1n) is 14.1. The van der Waals surface area contributed by atoms with Gasteiger partial charge in [-0.05, 0) is 63.3 Å². The van der Waals surface area contributed by atoms with E-state index in [4.69, 9.17) is 9.47 Å². The Morgan fingerprint density at radius 1 is 1.19 bits per heavy atom. The van der Waals surface area contributed by atoms with Gasteiger partial charge in [0.2, 0.25) is 5.91 Å². The van der Waals surface area contributed by atoms with Crippen molar-refractivity contribution in [3.63, 3.8) is 0 Å². The lowest BCUT2D eigenvalue weighted by molar-refractivity contribution is -0.130. The molecular weight excluding hydrogens is 546 g/mol. The van der Waals surface area contributed by atoms with Gasteiger partial charge in [0.15, 0.2) is 0 Å². The lowest BCUT2D eigenvalue weighted by Gasteiger charge is -2.32. The molecule has 0 spiro atoms. The van der Waals surface area contributed by atoms with Gasteiger partial charge in [-0.25, -0.2) is 9.78 Å². The Balaban J connectivity index is 1.73. The van der Waals surface area contributed by atoms with Crippen LogP contribution in [0.2, 0.25) is 0 Å². The lowest BCUT2D eigenvalue weighted by Crippen LogP contribution is -2.49. The minimum absolute atomic E-state index is 0.00597. The smallest absolute Gasteiger partial charge is 0.415 e. The third-order valence-electron chi connectivity index (χ3n) is 7.05. The predicted octanol–water partition coefficient (Wildman–Crippen LogP) is 5.47. The number of nitrogens with one attached hydrogen (secondary N) is 1. The molecule has 0 aliphatic carbocycles. The first-order valence-corrected chi connectivity index (χ1v) is 14.1. The summed E-state index contributed by atoms with van der Waals surface area (Å²) >= 11 is 0. The van der Waals surface area contributed by atoms with E-state index in [1.54, 1.807) is 49.9 Å². The number of hydrogen-bond acceptors (Lipinski definition) is 7. The van der Waals surface area contributed by atoms with Gasteiger partial charge in [-0.15, -0.1) is 0 Å². The molecule has 1 fully saturated rings. The highest BCUT2D eigenvalue weighted by Gasteiger charge is 2.28. The molecule has 0 bridgehead atoms. The molecule has 3 aromatic rings. The van der Waals surface area contributed by atoms with Crippen molar-refractivity contribution in [2.75, 3.05) is 31.6 Å². The Morgan fingerprint density at radius 3 is 2.60 bits per heavy atom. The number of benzene rings is 2. The van der Waals surface area contributed by atoms with Crippen LogP contribution in [-0.2, 0) is 9.53 Å². The van der Waals surface area contributed by atoms with E-state index in [2.05, 4.69) is 16.9 Å². The summed E-state index contributed by atoms with van der Waals surface area (Å²) in [7, 11) is 1.51. The maximum absolute atomic E-state index is 13.4. The number of rotatable bonds is 7. The summed E-state index contributed by atoms with van der Waals surface area (Å²) in [4.78, 5) is 46.1. The van der Waals surface area contributed by atoms with Crippen LogP contribution in [0.1, 0.15) is 51.0 Å². The summed E-state index contributed by atoms with van der Waals surface area (Å²) in [5.41, 5.74) is 1.34. The molecule has 224 valence electrons. The van der Waals surface area contributed by atoms with Crippen molar-refractivity contribution in [3.8, 4) is 23.1 Å². The number of methoxy groups -OCH3 is 1. The third kappa shape index (κ3) is 7.49. The summed E-state index contributed by atoms with van der Waals surface area (Å²) in [6.45, 7) is 11.7. The van der Waals surface area contributed by atoms with Gasteiger partial charge in [-0.1, -0.05) is 30.8 Å². The minimum Gasteiger partial charge on any atom is -0.495 e. The van der Waals surface area contributed by atoms with Crippen LogP contribution >= 0.6 is 0 Å². The number of carbonyl (C=O) groups excluding carboxylic acids is 3. The van der Waals surface area contributed by atoms with E-state index in [-0.39, 0.29) is 35.7 Å². The average Bonchev–Trinajstić information content (AvgIpc) is 2.98. The molecule has 1 aliphatic rings. The molecule has 2 heterocycles. The Hall–Kier alpha value is -4.91. The van der Waals surface area contributed by atoms with Crippen molar-refractivity contribution in [2.24, 2.45) is 0 Å². The molecule has 0 radical (unpaired) electrons. The van der Waals surface area contributed by atoms with Crippen LogP contribution in [0.4, 0.5) is 10.5 Å². The number of nitrogens with zero attached hydrogens (tertiary/aromatic N) is 4. The molecule has 4 rings (SSSR count). The Bertz CT molecular complexity index is 1600. The number of hydrogen-bond donors (Lipinski definition) is 1. The second-order valence-corrected chi connectivity index (χ2v) is 11.5. The third-order valence-corrected chi connectivity index (χ3v) is 7.05. The largest absolute Gasteiger partial charge is 0.495 e. The second kappa shape index (κ2) is 12.9. The van der Waals surface area contributed by atoms with Crippen LogP contribution in [0.25, 0.3) is 22.0 Å². The zero-order valence-electron chi connectivity index (χ0n) is 25.3. The normalized spacial score (nSPS) is 14.9. The van der Waals surface area contributed by atoms with Crippen molar-refractivity contribution in [1.29, 1.82) is 5.26 Å². The van der Waals surface area contributed by atoms with Gasteiger partial charge in [0.25, 0.3) is 5.91 Å². The predicted molar refractivity (Wildman–Crippen MR) is 165 cm³/mol. The number of aromatic nitrogens is 1. The van der Waals surface area contributed by atoms with E-state index in [9.17, 15) is 19.6 Å². The summed E-state index contributed by atoms with van der Waals surface area (Å²) < 4.78 is 11.4. The van der Waals surface area contributed by atoms with E-state index >= 15 is 0 Å². The SMILES string of the molecule is C=C(C#N)CN(C(=O)OC(C)(C)C)c1c(OC)ccc2ccc(-c3cccc(C(=O)NC4CCCN(C(C)=O)C4)n3)cc12. The lowest BCUT2D eigenvalue weighted by atomic mass is 10.0. The number of ether oxygens (including phenoxy) is 2. The fourth-order valence-electron chi connectivity index (χ4n) is 5.03. The molecule has 1 saturated heterocycles. The quantitative estimate of drug-likeness (QED) is 0.366. The molecule has 10 nitrogen and oxygen atoms in total. The second-order valence-electron chi connectivity index (χ2n) is 11.5. The Kier molecular flexibility index (Phi) is 9.34. The van der Waals surface area contributed by atoms with Crippen LogP contribution in [0, 0.1) is 11.3 Å². The molecule has 1 unspecified atom stereocenters. The van der Waals surface area contributed by atoms with E-state index < -0.39 is 11.7 Å². The maximum atomic E-state index is 13.4. The number of pyridine rings is 1. The van der Waals surface area contributed by atoms with Gasteiger partial charge in [-0.3, -0.25) is 14.5 Å². The van der Waals surface area contributed by atoms with Gasteiger partial charge < -0.3 is 19.7 Å². The Labute approximate surface area is 251 Å². The molecule has 1 aromatic heterocycles. The van der Waals surface area contributed by atoms with E-state index in [1.807, 2.05) is 30.3 Å². The van der Waals surface area contributed by atoms with Crippen molar-refractivity contribution in [1.82, 2.24) is 15.2 Å². The monoisotopic (exact) mass is 583 g/mol. The highest BCUT2D eigenvalue weighted by Crippen LogP contribution is 2.39. The zero-order valence-corrected chi connectivity index (χ0v) is 25.3. The van der Waals surface area contributed by atoms with Gasteiger partial charge >= 0.3 is 6.09 Å². The standard InChI is InChI=1S/C33H37N5O5/c1-21(18-34)19-38(32(41)43-33(3,4)5)30-26-17-24(13-12-23(26)14-15-29(30)42-6)27-10-7-11-28(36-27)31(40)35-25-9-8-16-37(20-25)22(2)39/h7,10-15,17,25H,1,8-9,16,19-20H2,2-6H3,(H,35,40). The van der Waals surface area contributed by atoms with E-state index in [1.165, 1.54) is 18.9 Å². The summed E-state index contributed by atoms with van der Waals surface area (Å²) in [5.74, 6) is 0.0921. The fraction of sp³-hybridized carbons (Fsp3) is 0.364. The van der Waals surface area contributed by atoms with E-state index in [0.717, 1.165) is 18.2 Å². The molecule has 0 saturated carbocycles. The first kappa shape index (κ1) is 31.0. The molecule has 1 N–H and O–H groups in total. The number of anilines is 1. The summed E-state index contributed by atoms with van der Waals surface area (Å²) in [6, 6.07) is 16.4. The minimum atomic E-state index is -0.779. The van der Waals surface area contributed by atoms with Gasteiger partial charge in [0.1, 0.15) is 17.0 Å². The fourth-order valence-corrected chi connectivity index (χ4v) is 5.03. The molecule has 10 heteroatoms.